The number of Topliss-reactive ketones (excluding diaryl/α,β-unsaturated/α-hetero) is 1. The number of carbonyl (C=O) groups is 1. The molecule has 1 heterocycles. The molecule has 168 valence electrons. The number of hydrogen-bond donors (Lipinski definition) is 7. The monoisotopic (exact) mass is 436 g/mol. The van der Waals surface area contributed by atoms with E-state index < -0.39 is 54.6 Å². The zero-order valence-corrected chi connectivity index (χ0v) is 16.3. The quantitative estimate of drug-likeness (QED) is 0.288. The van der Waals surface area contributed by atoms with Crippen LogP contribution in [0.2, 0.25) is 0 Å². The van der Waals surface area contributed by atoms with Crippen LogP contribution in [0, 0.1) is 0 Å². The molecular weight excluding hydrogens is 412 g/mol. The van der Waals surface area contributed by atoms with Crippen LogP contribution < -0.4 is 4.74 Å². The van der Waals surface area contributed by atoms with Crippen molar-refractivity contribution in [2.45, 2.75) is 43.5 Å². The van der Waals surface area contributed by atoms with Crippen LogP contribution in [-0.2, 0) is 11.2 Å². The second-order valence-corrected chi connectivity index (χ2v) is 7.24. The molecule has 1 saturated heterocycles. The Kier molecular flexibility index (Phi) is 6.98. The number of phenols is 3. The zero-order chi connectivity index (χ0) is 22.7. The minimum atomic E-state index is -1.73. The Morgan fingerprint density at radius 3 is 2.26 bits per heavy atom. The highest BCUT2D eigenvalue weighted by Gasteiger charge is 2.45. The molecule has 10 nitrogen and oxygen atoms in total. The number of aromatic hydroxyl groups is 3. The summed E-state index contributed by atoms with van der Waals surface area (Å²) in [5.74, 6) is -1.74. The standard InChI is InChI=1S/C21H24O10/c22-9-16-18(27)19(28)20(29)21(31-16)30-15-8-12(24)7-14(26)17(15)13(25)6-3-10-1-4-11(23)5-2-10/h1-2,4-5,7-8,16,18-24,26-29H,3,6,9H2/t16?,18-,19?,20?,21+/m0/s1. The van der Waals surface area contributed by atoms with Gasteiger partial charge in [0.2, 0.25) is 6.29 Å². The van der Waals surface area contributed by atoms with Gasteiger partial charge in [0.15, 0.2) is 5.78 Å². The average Bonchev–Trinajstić information content (AvgIpc) is 2.73. The molecule has 0 aliphatic carbocycles. The molecule has 31 heavy (non-hydrogen) atoms. The van der Waals surface area contributed by atoms with E-state index in [1.807, 2.05) is 0 Å². The number of phenolic OH excluding ortho intramolecular Hbond substituents is 3. The zero-order valence-electron chi connectivity index (χ0n) is 16.3. The SMILES string of the molecule is O=C(CCc1ccc(O)cc1)c1c(O)cc(O)cc1O[C@@H]1OC(CO)[C@H](O)C(O)C1O. The number of benzene rings is 2. The van der Waals surface area contributed by atoms with Crippen LogP contribution in [-0.4, -0.2) is 78.8 Å². The first-order valence-corrected chi connectivity index (χ1v) is 9.55. The molecule has 3 unspecified atom stereocenters. The number of hydrogen-bond acceptors (Lipinski definition) is 10. The number of aliphatic hydroxyl groups excluding tert-OH is 4. The minimum absolute atomic E-state index is 0.0475. The first kappa shape index (κ1) is 22.8. The third-order valence-corrected chi connectivity index (χ3v) is 5.01. The van der Waals surface area contributed by atoms with Crippen LogP contribution in [0.4, 0.5) is 0 Å². The van der Waals surface area contributed by atoms with Gasteiger partial charge in [0.1, 0.15) is 53.0 Å². The third kappa shape index (κ3) is 5.06. The topological polar surface area (TPSA) is 177 Å². The summed E-state index contributed by atoms with van der Waals surface area (Å²) in [5.41, 5.74) is 0.495. The Bertz CT molecular complexity index is 911. The van der Waals surface area contributed by atoms with Crippen LogP contribution in [0.3, 0.4) is 0 Å². The third-order valence-electron chi connectivity index (χ3n) is 5.01. The molecule has 0 radical (unpaired) electrons. The Labute approximate surface area is 177 Å². The summed E-state index contributed by atoms with van der Waals surface area (Å²) in [5, 5.41) is 68.6. The Hall–Kier alpha value is -2.89. The van der Waals surface area contributed by atoms with Gasteiger partial charge in [-0.2, -0.15) is 0 Å². The Morgan fingerprint density at radius 1 is 0.935 bits per heavy atom. The number of aliphatic hydroxyl groups is 4. The van der Waals surface area contributed by atoms with Crippen molar-refractivity contribution in [3.8, 4) is 23.0 Å². The van der Waals surface area contributed by atoms with Gasteiger partial charge in [-0.05, 0) is 24.1 Å². The van der Waals surface area contributed by atoms with Crippen molar-refractivity contribution < 1.29 is 50.0 Å². The van der Waals surface area contributed by atoms with Crippen molar-refractivity contribution in [3.05, 3.63) is 47.5 Å². The van der Waals surface area contributed by atoms with Gasteiger partial charge in [-0.3, -0.25) is 4.79 Å². The highest BCUT2D eigenvalue weighted by atomic mass is 16.7. The summed E-state index contributed by atoms with van der Waals surface area (Å²) < 4.78 is 10.7. The van der Waals surface area contributed by atoms with E-state index in [0.29, 0.717) is 6.42 Å². The molecule has 0 saturated carbocycles. The first-order valence-electron chi connectivity index (χ1n) is 9.55. The van der Waals surface area contributed by atoms with E-state index in [1.165, 1.54) is 12.1 Å². The largest absolute Gasteiger partial charge is 0.508 e. The average molecular weight is 436 g/mol. The van der Waals surface area contributed by atoms with Crippen molar-refractivity contribution in [2.24, 2.45) is 0 Å². The van der Waals surface area contributed by atoms with Crippen molar-refractivity contribution >= 4 is 5.78 Å². The number of carbonyl (C=O) groups excluding carboxylic acids is 1. The molecule has 5 atom stereocenters. The van der Waals surface area contributed by atoms with E-state index >= 15 is 0 Å². The molecule has 1 aliphatic rings. The summed E-state index contributed by atoms with van der Waals surface area (Å²) in [6.45, 7) is -0.672. The lowest BCUT2D eigenvalue weighted by atomic mass is 9.99. The Balaban J connectivity index is 1.82. The number of ketones is 1. The summed E-state index contributed by atoms with van der Waals surface area (Å²) in [7, 11) is 0. The molecule has 0 aromatic heterocycles. The van der Waals surface area contributed by atoms with Crippen molar-refractivity contribution in [1.29, 1.82) is 0 Å². The van der Waals surface area contributed by atoms with E-state index in [4.69, 9.17) is 9.47 Å². The fourth-order valence-electron chi connectivity index (χ4n) is 3.30. The predicted octanol–water partition coefficient (Wildman–Crippen LogP) is -0.202. The van der Waals surface area contributed by atoms with Crippen LogP contribution in [0.5, 0.6) is 23.0 Å². The molecule has 3 rings (SSSR count). The molecular formula is C21H24O10. The molecule has 2 aromatic carbocycles. The van der Waals surface area contributed by atoms with Crippen LogP contribution in [0.15, 0.2) is 36.4 Å². The van der Waals surface area contributed by atoms with Gasteiger partial charge < -0.3 is 45.2 Å². The molecule has 2 aromatic rings. The van der Waals surface area contributed by atoms with Gasteiger partial charge in [0.05, 0.1) is 6.61 Å². The van der Waals surface area contributed by atoms with Gasteiger partial charge in [-0.15, -0.1) is 0 Å². The second-order valence-electron chi connectivity index (χ2n) is 7.24. The van der Waals surface area contributed by atoms with Crippen molar-refractivity contribution in [3.63, 3.8) is 0 Å². The van der Waals surface area contributed by atoms with Gasteiger partial charge >= 0.3 is 0 Å². The van der Waals surface area contributed by atoms with E-state index in [1.54, 1.807) is 12.1 Å². The highest BCUT2D eigenvalue weighted by Crippen LogP contribution is 2.36. The fraction of sp³-hybridized carbons (Fsp3) is 0.381. The maximum Gasteiger partial charge on any atom is 0.229 e. The Morgan fingerprint density at radius 2 is 1.61 bits per heavy atom. The number of rotatable bonds is 7. The summed E-state index contributed by atoms with van der Waals surface area (Å²) >= 11 is 0. The minimum Gasteiger partial charge on any atom is -0.508 e. The summed E-state index contributed by atoms with van der Waals surface area (Å²) in [4.78, 5) is 12.8. The van der Waals surface area contributed by atoms with Crippen LogP contribution in [0.1, 0.15) is 22.3 Å². The molecule has 1 fully saturated rings. The molecule has 0 amide bonds. The second kappa shape index (κ2) is 9.50. The lowest BCUT2D eigenvalue weighted by molar-refractivity contribution is -0.277. The molecule has 1 aliphatic heterocycles. The summed E-state index contributed by atoms with van der Waals surface area (Å²) in [6, 6.07) is 8.23. The van der Waals surface area contributed by atoms with Crippen LogP contribution >= 0.6 is 0 Å². The molecule has 0 spiro atoms. The molecule has 10 heteroatoms. The molecule has 7 N–H and O–H groups in total. The van der Waals surface area contributed by atoms with Gasteiger partial charge in [0.25, 0.3) is 0 Å². The molecule has 0 bridgehead atoms. The maximum absolute atomic E-state index is 12.8. The van der Waals surface area contributed by atoms with Gasteiger partial charge in [-0.1, -0.05) is 12.1 Å². The first-order chi connectivity index (χ1) is 14.7. The lowest BCUT2D eigenvalue weighted by Crippen LogP contribution is -2.60. The predicted molar refractivity (Wildman–Crippen MR) is 105 cm³/mol. The highest BCUT2D eigenvalue weighted by molar-refractivity contribution is 6.01. The van der Waals surface area contributed by atoms with E-state index in [-0.39, 0.29) is 23.5 Å². The van der Waals surface area contributed by atoms with E-state index in [0.717, 1.165) is 17.7 Å². The van der Waals surface area contributed by atoms with Crippen LogP contribution in [0.25, 0.3) is 0 Å². The van der Waals surface area contributed by atoms with Crippen molar-refractivity contribution in [1.82, 2.24) is 0 Å². The van der Waals surface area contributed by atoms with Crippen molar-refractivity contribution in [2.75, 3.05) is 6.61 Å². The van der Waals surface area contributed by atoms with E-state index in [2.05, 4.69) is 0 Å². The fourth-order valence-corrected chi connectivity index (χ4v) is 3.30. The van der Waals surface area contributed by atoms with E-state index in [9.17, 15) is 40.5 Å². The maximum atomic E-state index is 12.8. The lowest BCUT2D eigenvalue weighted by Gasteiger charge is -2.39. The normalized spacial score (nSPS) is 25.9. The van der Waals surface area contributed by atoms with Gasteiger partial charge in [0, 0.05) is 18.6 Å². The summed E-state index contributed by atoms with van der Waals surface area (Å²) in [6.07, 6.45) is -7.61. The van der Waals surface area contributed by atoms with Gasteiger partial charge in [-0.25, -0.2) is 0 Å². The number of aryl methyl sites for hydroxylation is 1. The number of ether oxygens (including phenoxy) is 2. The smallest absolute Gasteiger partial charge is 0.229 e.